The zero-order valence-corrected chi connectivity index (χ0v) is 15.3. The van der Waals surface area contributed by atoms with Crippen LogP contribution in [0.15, 0.2) is 18.2 Å². The smallest absolute Gasteiger partial charge is 0.159 e. The van der Waals surface area contributed by atoms with Crippen LogP contribution in [0.1, 0.15) is 88.6 Å². The largest absolute Gasteiger partial charge is 0.487 e. The van der Waals surface area contributed by atoms with Gasteiger partial charge in [0.15, 0.2) is 5.78 Å². The van der Waals surface area contributed by atoms with Crippen molar-refractivity contribution in [1.29, 1.82) is 0 Å². The Morgan fingerprint density at radius 2 is 2.09 bits per heavy atom. The molecule has 2 nitrogen and oxygen atoms in total. The highest BCUT2D eigenvalue weighted by Crippen LogP contribution is 2.36. The number of hydrogen-bond acceptors (Lipinski definition) is 2. The summed E-state index contributed by atoms with van der Waals surface area (Å²) in [4.78, 5) is 11.5. The van der Waals surface area contributed by atoms with Gasteiger partial charge in [-0.1, -0.05) is 39.5 Å². The Morgan fingerprint density at radius 1 is 1.30 bits per heavy atom. The third kappa shape index (κ3) is 5.09. The number of hydrogen-bond donors (Lipinski definition) is 0. The highest BCUT2D eigenvalue weighted by molar-refractivity contribution is 5.94. The van der Waals surface area contributed by atoms with Gasteiger partial charge in [-0.3, -0.25) is 4.79 Å². The van der Waals surface area contributed by atoms with Gasteiger partial charge in [0.05, 0.1) is 0 Å². The molecule has 23 heavy (non-hydrogen) atoms. The minimum absolute atomic E-state index is 0.0429. The molecular formula is C21H32O2. The van der Waals surface area contributed by atoms with E-state index in [1.807, 2.05) is 18.2 Å². The van der Waals surface area contributed by atoms with Gasteiger partial charge >= 0.3 is 0 Å². The van der Waals surface area contributed by atoms with E-state index in [2.05, 4.69) is 20.8 Å². The summed E-state index contributed by atoms with van der Waals surface area (Å²) >= 11 is 0. The number of Topliss-reactive ketones (excluding diaryl/α,β-unsaturated/α-hetero) is 1. The molecule has 0 spiro atoms. The number of ketones is 1. The lowest BCUT2D eigenvalue weighted by Crippen LogP contribution is -2.36. The molecule has 1 aliphatic rings. The lowest BCUT2D eigenvalue weighted by atomic mass is 9.87. The molecule has 0 saturated carbocycles. The van der Waals surface area contributed by atoms with Crippen LogP contribution in [0.25, 0.3) is 0 Å². The topological polar surface area (TPSA) is 26.3 Å². The maximum absolute atomic E-state index is 11.5. The number of carbonyl (C=O) groups is 1. The number of rotatable bonds is 8. The van der Waals surface area contributed by atoms with E-state index in [-0.39, 0.29) is 11.4 Å². The van der Waals surface area contributed by atoms with Crippen LogP contribution in [0.4, 0.5) is 0 Å². The quantitative estimate of drug-likeness (QED) is 0.436. The van der Waals surface area contributed by atoms with E-state index in [0.29, 0.717) is 0 Å². The van der Waals surface area contributed by atoms with E-state index in [1.165, 1.54) is 37.7 Å². The van der Waals surface area contributed by atoms with Crippen LogP contribution in [-0.2, 0) is 6.42 Å². The maximum Gasteiger partial charge on any atom is 0.159 e. The lowest BCUT2D eigenvalue weighted by Gasteiger charge is -2.36. The zero-order valence-electron chi connectivity index (χ0n) is 15.3. The van der Waals surface area contributed by atoms with Crippen molar-refractivity contribution in [1.82, 2.24) is 0 Å². The summed E-state index contributed by atoms with van der Waals surface area (Å²) in [6.07, 6.45) is 9.70. The van der Waals surface area contributed by atoms with Crippen LogP contribution in [0, 0.1) is 5.92 Å². The molecule has 128 valence electrons. The highest BCUT2D eigenvalue weighted by Gasteiger charge is 2.31. The Hall–Kier alpha value is -1.31. The molecule has 0 radical (unpaired) electrons. The molecule has 0 saturated heterocycles. The molecule has 2 unspecified atom stereocenters. The van der Waals surface area contributed by atoms with Crippen molar-refractivity contribution >= 4 is 5.78 Å². The SMILES string of the molecule is CCCC(C)CCCCC1(C)CCc2cc(C(C)=O)ccc2O1. The van der Waals surface area contributed by atoms with Crippen molar-refractivity contribution in [3.8, 4) is 5.75 Å². The number of unbranched alkanes of at least 4 members (excludes halogenated alkanes) is 1. The van der Waals surface area contributed by atoms with Crippen LogP contribution < -0.4 is 4.74 Å². The van der Waals surface area contributed by atoms with E-state index >= 15 is 0 Å². The fourth-order valence-corrected chi connectivity index (χ4v) is 3.61. The van der Waals surface area contributed by atoms with Gasteiger partial charge in [-0.15, -0.1) is 0 Å². The Balaban J connectivity index is 1.86. The van der Waals surface area contributed by atoms with Gasteiger partial charge in [0, 0.05) is 5.56 Å². The normalized spacial score (nSPS) is 21.4. The van der Waals surface area contributed by atoms with Crippen LogP contribution >= 0.6 is 0 Å². The van der Waals surface area contributed by atoms with Gasteiger partial charge in [-0.05, 0) is 69.2 Å². The Bertz CT molecular complexity index is 535. The van der Waals surface area contributed by atoms with Crippen molar-refractivity contribution in [2.75, 3.05) is 0 Å². The third-order valence-electron chi connectivity index (χ3n) is 5.18. The Morgan fingerprint density at radius 3 is 2.78 bits per heavy atom. The van der Waals surface area contributed by atoms with E-state index in [1.54, 1.807) is 6.92 Å². The number of fused-ring (bicyclic) bond motifs is 1. The van der Waals surface area contributed by atoms with Crippen LogP contribution in [0.3, 0.4) is 0 Å². The number of ether oxygens (including phenoxy) is 1. The van der Waals surface area contributed by atoms with Crippen LogP contribution in [0.5, 0.6) is 5.75 Å². The van der Waals surface area contributed by atoms with Crippen molar-refractivity contribution < 1.29 is 9.53 Å². The molecule has 0 aromatic heterocycles. The molecule has 0 bridgehead atoms. The van der Waals surface area contributed by atoms with Crippen LogP contribution in [0.2, 0.25) is 0 Å². The summed E-state index contributed by atoms with van der Waals surface area (Å²) in [5.41, 5.74) is 1.94. The van der Waals surface area contributed by atoms with Crippen molar-refractivity contribution in [3.63, 3.8) is 0 Å². The molecule has 1 aromatic rings. The molecule has 0 amide bonds. The van der Waals surface area contributed by atoms with Crippen LogP contribution in [-0.4, -0.2) is 11.4 Å². The molecule has 1 heterocycles. The minimum Gasteiger partial charge on any atom is -0.487 e. The Labute approximate surface area is 141 Å². The number of carbonyl (C=O) groups excluding carboxylic acids is 1. The zero-order chi connectivity index (χ0) is 16.9. The first kappa shape index (κ1) is 18.0. The summed E-state index contributed by atoms with van der Waals surface area (Å²) in [5.74, 6) is 1.95. The van der Waals surface area contributed by atoms with Gasteiger partial charge < -0.3 is 4.74 Å². The van der Waals surface area contributed by atoms with Gasteiger partial charge in [-0.2, -0.15) is 0 Å². The second-order valence-corrected chi connectivity index (χ2v) is 7.57. The van der Waals surface area contributed by atoms with E-state index in [4.69, 9.17) is 4.74 Å². The van der Waals surface area contributed by atoms with E-state index in [0.717, 1.165) is 36.5 Å². The average Bonchev–Trinajstić information content (AvgIpc) is 2.51. The summed E-state index contributed by atoms with van der Waals surface area (Å²) in [5, 5.41) is 0. The van der Waals surface area contributed by atoms with Gasteiger partial charge in [-0.25, -0.2) is 0 Å². The van der Waals surface area contributed by atoms with E-state index in [9.17, 15) is 4.79 Å². The Kier molecular flexibility index (Phi) is 6.26. The van der Waals surface area contributed by atoms with Gasteiger partial charge in [0.1, 0.15) is 11.4 Å². The molecular weight excluding hydrogens is 284 g/mol. The van der Waals surface area contributed by atoms with E-state index < -0.39 is 0 Å². The summed E-state index contributed by atoms with van der Waals surface area (Å²) in [6.45, 7) is 8.49. The van der Waals surface area contributed by atoms with Crippen molar-refractivity contribution in [2.45, 2.75) is 84.7 Å². The van der Waals surface area contributed by atoms with Crippen molar-refractivity contribution in [3.05, 3.63) is 29.3 Å². The predicted octanol–water partition coefficient (Wildman–Crippen LogP) is 5.97. The molecule has 2 atom stereocenters. The first-order valence-electron chi connectivity index (χ1n) is 9.26. The molecule has 1 aliphatic heterocycles. The monoisotopic (exact) mass is 316 g/mol. The predicted molar refractivity (Wildman–Crippen MR) is 96.3 cm³/mol. The van der Waals surface area contributed by atoms with Gasteiger partial charge in [0.25, 0.3) is 0 Å². The summed E-state index contributed by atoms with van der Waals surface area (Å²) in [6, 6.07) is 5.87. The number of benzene rings is 1. The van der Waals surface area contributed by atoms with Gasteiger partial charge in [0.2, 0.25) is 0 Å². The summed E-state index contributed by atoms with van der Waals surface area (Å²) < 4.78 is 6.30. The second-order valence-electron chi connectivity index (χ2n) is 7.57. The maximum atomic E-state index is 11.5. The third-order valence-corrected chi connectivity index (χ3v) is 5.18. The summed E-state index contributed by atoms with van der Waals surface area (Å²) in [7, 11) is 0. The molecule has 2 rings (SSSR count). The average molecular weight is 316 g/mol. The first-order chi connectivity index (χ1) is 10.9. The molecule has 1 aromatic carbocycles. The minimum atomic E-state index is -0.0429. The molecule has 2 heteroatoms. The first-order valence-corrected chi connectivity index (χ1v) is 9.26. The fraction of sp³-hybridized carbons (Fsp3) is 0.667. The standard InChI is InChI=1S/C21H32O2/c1-5-8-16(2)9-6-7-13-21(4)14-12-19-15-18(17(3)22)10-11-20(19)23-21/h10-11,15-16H,5-9,12-14H2,1-4H3. The second kappa shape index (κ2) is 7.99. The molecule has 0 aliphatic carbocycles. The molecule has 0 fully saturated rings. The fourth-order valence-electron chi connectivity index (χ4n) is 3.61. The van der Waals surface area contributed by atoms with Crippen molar-refractivity contribution in [2.24, 2.45) is 5.92 Å². The lowest BCUT2D eigenvalue weighted by molar-refractivity contribution is 0.0531. The number of aryl methyl sites for hydroxylation is 1. The highest BCUT2D eigenvalue weighted by atomic mass is 16.5. The molecule has 0 N–H and O–H groups in total.